The SMILES string of the molecule is CCCCNC(=O)[C@H](CC)N(Cc1ccc(Cl)cc1Cl)C(=O)CN(c1ccc(C)cc1)S(=O)(=O)c1ccc(Cl)cc1. The fourth-order valence-corrected chi connectivity index (χ4v) is 6.24. The van der Waals surface area contributed by atoms with Crippen molar-refractivity contribution in [2.75, 3.05) is 17.4 Å². The van der Waals surface area contributed by atoms with Gasteiger partial charge in [0.05, 0.1) is 10.6 Å². The molecule has 0 spiro atoms. The summed E-state index contributed by atoms with van der Waals surface area (Å²) in [6.07, 6.45) is 2.00. The van der Waals surface area contributed by atoms with Crippen LogP contribution in [0.25, 0.3) is 0 Å². The number of benzene rings is 3. The standard InChI is InChI=1S/C30H34Cl3N3O4S/c1-4-6-17-34-30(38)28(5-2)35(19-22-9-10-24(32)18-27(22)33)29(37)20-36(25-13-7-21(3)8-14-25)41(39,40)26-15-11-23(31)12-16-26/h7-16,18,28H,4-6,17,19-20H2,1-3H3,(H,34,38)/t28-/m0/s1. The summed E-state index contributed by atoms with van der Waals surface area (Å²) in [6.45, 7) is 5.61. The summed E-state index contributed by atoms with van der Waals surface area (Å²) in [7, 11) is -4.19. The average molecular weight is 639 g/mol. The van der Waals surface area contributed by atoms with E-state index in [1.807, 2.05) is 13.8 Å². The van der Waals surface area contributed by atoms with Crippen LogP contribution in [0.4, 0.5) is 5.69 Å². The topological polar surface area (TPSA) is 86.8 Å². The minimum absolute atomic E-state index is 0.0166. The van der Waals surface area contributed by atoms with Crippen molar-refractivity contribution in [1.82, 2.24) is 10.2 Å². The van der Waals surface area contributed by atoms with Crippen LogP contribution in [0.2, 0.25) is 15.1 Å². The molecule has 41 heavy (non-hydrogen) atoms. The van der Waals surface area contributed by atoms with E-state index in [4.69, 9.17) is 34.8 Å². The predicted octanol–water partition coefficient (Wildman–Crippen LogP) is 6.87. The molecule has 0 unspecified atom stereocenters. The van der Waals surface area contributed by atoms with E-state index in [0.717, 1.165) is 22.7 Å². The fraction of sp³-hybridized carbons (Fsp3) is 0.333. The Hall–Kier alpha value is -2.78. The predicted molar refractivity (Wildman–Crippen MR) is 166 cm³/mol. The molecular formula is C30H34Cl3N3O4S. The third-order valence-electron chi connectivity index (χ3n) is 6.57. The molecule has 0 aliphatic heterocycles. The zero-order valence-corrected chi connectivity index (χ0v) is 26.3. The van der Waals surface area contributed by atoms with Crippen molar-refractivity contribution < 1.29 is 18.0 Å². The van der Waals surface area contributed by atoms with E-state index in [0.29, 0.717) is 39.3 Å². The van der Waals surface area contributed by atoms with E-state index in [9.17, 15) is 18.0 Å². The van der Waals surface area contributed by atoms with Gasteiger partial charge in [-0.15, -0.1) is 0 Å². The smallest absolute Gasteiger partial charge is 0.264 e. The second-order valence-corrected chi connectivity index (χ2v) is 12.8. The highest BCUT2D eigenvalue weighted by atomic mass is 35.5. The summed E-state index contributed by atoms with van der Waals surface area (Å²) in [6, 6.07) is 16.6. The molecule has 0 aliphatic rings. The second kappa shape index (κ2) is 14.9. The number of carbonyl (C=O) groups is 2. The van der Waals surface area contributed by atoms with Crippen LogP contribution in [0.1, 0.15) is 44.2 Å². The van der Waals surface area contributed by atoms with Crippen molar-refractivity contribution in [2.24, 2.45) is 0 Å². The molecule has 0 fully saturated rings. The lowest BCUT2D eigenvalue weighted by atomic mass is 10.1. The van der Waals surface area contributed by atoms with Gasteiger partial charge in [0.15, 0.2) is 0 Å². The van der Waals surface area contributed by atoms with Gasteiger partial charge in [-0.3, -0.25) is 13.9 Å². The monoisotopic (exact) mass is 637 g/mol. The number of unbranched alkanes of at least 4 members (excludes halogenated alkanes) is 1. The first-order valence-electron chi connectivity index (χ1n) is 13.3. The molecule has 3 rings (SSSR count). The Kier molecular flexibility index (Phi) is 11.9. The Labute approximate surface area is 257 Å². The Balaban J connectivity index is 2.05. The van der Waals surface area contributed by atoms with Crippen LogP contribution in [-0.2, 0) is 26.2 Å². The largest absolute Gasteiger partial charge is 0.354 e. The summed E-state index contributed by atoms with van der Waals surface area (Å²) in [5, 5.41) is 4.05. The van der Waals surface area contributed by atoms with Gasteiger partial charge in [0.25, 0.3) is 10.0 Å². The van der Waals surface area contributed by atoms with Crippen molar-refractivity contribution in [1.29, 1.82) is 0 Å². The number of nitrogens with one attached hydrogen (secondary N) is 1. The third kappa shape index (κ3) is 8.61. The Morgan fingerprint density at radius 3 is 2.12 bits per heavy atom. The maximum absolute atomic E-state index is 14.1. The van der Waals surface area contributed by atoms with E-state index >= 15 is 0 Å². The van der Waals surface area contributed by atoms with Gasteiger partial charge in [-0.1, -0.05) is 78.8 Å². The molecule has 0 radical (unpaired) electrons. The zero-order valence-electron chi connectivity index (χ0n) is 23.2. The molecule has 0 heterocycles. The lowest BCUT2D eigenvalue weighted by molar-refractivity contribution is -0.140. The number of hydrogen-bond acceptors (Lipinski definition) is 4. The molecule has 220 valence electrons. The molecular weight excluding hydrogens is 605 g/mol. The highest BCUT2D eigenvalue weighted by Gasteiger charge is 2.34. The van der Waals surface area contributed by atoms with Crippen LogP contribution in [-0.4, -0.2) is 44.3 Å². The summed E-state index contributed by atoms with van der Waals surface area (Å²) in [4.78, 5) is 28.7. The third-order valence-corrected chi connectivity index (χ3v) is 9.20. The molecule has 1 N–H and O–H groups in total. The van der Waals surface area contributed by atoms with Crippen molar-refractivity contribution in [2.45, 2.75) is 57.5 Å². The zero-order chi connectivity index (χ0) is 30.2. The van der Waals surface area contributed by atoms with E-state index in [2.05, 4.69) is 5.32 Å². The van der Waals surface area contributed by atoms with Gasteiger partial charge in [0.1, 0.15) is 12.6 Å². The highest BCUT2D eigenvalue weighted by molar-refractivity contribution is 7.92. The summed E-state index contributed by atoms with van der Waals surface area (Å²) in [5.74, 6) is -0.881. The summed E-state index contributed by atoms with van der Waals surface area (Å²) >= 11 is 18.5. The van der Waals surface area contributed by atoms with Gasteiger partial charge in [-0.05, 0) is 73.9 Å². The lowest BCUT2D eigenvalue weighted by Gasteiger charge is -2.33. The maximum atomic E-state index is 14.1. The van der Waals surface area contributed by atoms with Crippen LogP contribution in [0.5, 0.6) is 0 Å². The van der Waals surface area contributed by atoms with Crippen molar-refractivity contribution in [3.05, 3.63) is 92.9 Å². The van der Waals surface area contributed by atoms with E-state index in [1.54, 1.807) is 49.4 Å². The Morgan fingerprint density at radius 2 is 1.54 bits per heavy atom. The fourth-order valence-electron chi connectivity index (χ4n) is 4.23. The number of nitrogens with zero attached hydrogens (tertiary/aromatic N) is 2. The molecule has 3 aromatic carbocycles. The number of carbonyl (C=O) groups excluding carboxylic acids is 2. The van der Waals surface area contributed by atoms with E-state index in [-0.39, 0.29) is 17.3 Å². The molecule has 0 aliphatic carbocycles. The molecule has 3 aromatic rings. The summed E-state index contributed by atoms with van der Waals surface area (Å²) < 4.78 is 28.8. The number of aryl methyl sites for hydroxylation is 1. The second-order valence-electron chi connectivity index (χ2n) is 9.63. The van der Waals surface area contributed by atoms with Crippen LogP contribution in [0.3, 0.4) is 0 Å². The minimum atomic E-state index is -4.19. The molecule has 11 heteroatoms. The first kappa shape index (κ1) is 32.7. The van der Waals surface area contributed by atoms with Gasteiger partial charge in [-0.2, -0.15) is 0 Å². The van der Waals surface area contributed by atoms with Crippen LogP contribution < -0.4 is 9.62 Å². The van der Waals surface area contributed by atoms with Gasteiger partial charge in [0, 0.05) is 28.2 Å². The van der Waals surface area contributed by atoms with Gasteiger partial charge in [-0.25, -0.2) is 8.42 Å². The molecule has 0 aromatic heterocycles. The maximum Gasteiger partial charge on any atom is 0.264 e. The van der Waals surface area contributed by atoms with Crippen LogP contribution in [0.15, 0.2) is 71.6 Å². The van der Waals surface area contributed by atoms with Crippen molar-refractivity contribution in [3.8, 4) is 0 Å². The van der Waals surface area contributed by atoms with Gasteiger partial charge in [0.2, 0.25) is 11.8 Å². The first-order valence-corrected chi connectivity index (χ1v) is 15.9. The number of hydrogen-bond donors (Lipinski definition) is 1. The average Bonchev–Trinajstić information content (AvgIpc) is 2.93. The number of halogens is 3. The minimum Gasteiger partial charge on any atom is -0.354 e. The van der Waals surface area contributed by atoms with Gasteiger partial charge < -0.3 is 10.2 Å². The normalized spacial score (nSPS) is 12.0. The van der Waals surface area contributed by atoms with E-state index < -0.39 is 28.5 Å². The first-order chi connectivity index (χ1) is 19.5. The molecule has 2 amide bonds. The quantitative estimate of drug-likeness (QED) is 0.207. The lowest BCUT2D eigenvalue weighted by Crippen LogP contribution is -2.52. The molecule has 0 saturated carbocycles. The van der Waals surface area contributed by atoms with Gasteiger partial charge >= 0.3 is 0 Å². The van der Waals surface area contributed by atoms with E-state index in [1.165, 1.54) is 29.2 Å². The van der Waals surface area contributed by atoms with Crippen molar-refractivity contribution >= 4 is 62.3 Å². The molecule has 0 saturated heterocycles. The summed E-state index contributed by atoms with van der Waals surface area (Å²) in [5.41, 5.74) is 1.81. The Morgan fingerprint density at radius 1 is 0.902 bits per heavy atom. The number of anilines is 1. The molecule has 7 nitrogen and oxygen atoms in total. The van der Waals surface area contributed by atoms with Crippen LogP contribution in [0, 0.1) is 6.92 Å². The number of rotatable bonds is 13. The Bertz CT molecular complexity index is 1450. The molecule has 0 bridgehead atoms. The molecule has 1 atom stereocenters. The highest BCUT2D eigenvalue weighted by Crippen LogP contribution is 2.27. The van der Waals surface area contributed by atoms with Crippen molar-refractivity contribution in [3.63, 3.8) is 0 Å². The van der Waals surface area contributed by atoms with Crippen LogP contribution >= 0.6 is 34.8 Å². The number of sulfonamides is 1. The number of amides is 2.